The molecule has 0 unspecified atom stereocenters. The number of likely N-dealkylation sites (tertiary alicyclic amines) is 1. The molecule has 2 N–H and O–H groups in total. The van der Waals surface area contributed by atoms with Gasteiger partial charge >= 0.3 is 0 Å². The van der Waals surface area contributed by atoms with Gasteiger partial charge in [0.2, 0.25) is 5.91 Å². The van der Waals surface area contributed by atoms with Crippen molar-refractivity contribution in [2.75, 3.05) is 25.0 Å². The maximum atomic E-state index is 12.1. The van der Waals surface area contributed by atoms with Crippen LogP contribution >= 0.6 is 0 Å². The normalized spacial score (nSPS) is 14.8. The van der Waals surface area contributed by atoms with Crippen LogP contribution in [-0.4, -0.2) is 36.3 Å². The van der Waals surface area contributed by atoms with Crippen LogP contribution in [0.3, 0.4) is 0 Å². The van der Waals surface area contributed by atoms with Gasteiger partial charge in [-0.1, -0.05) is 32.9 Å². The van der Waals surface area contributed by atoms with Crippen molar-refractivity contribution in [3.8, 4) is 6.07 Å². The lowest BCUT2D eigenvalue weighted by molar-refractivity contribution is -0.127. The SMILES string of the molecule is CC(C)(C)c1ccc(N/C=C(/C#N)C(=O)NCCCN2CCCC2=O)cc1. The Morgan fingerprint density at radius 1 is 1.30 bits per heavy atom. The highest BCUT2D eigenvalue weighted by atomic mass is 16.2. The summed E-state index contributed by atoms with van der Waals surface area (Å²) in [5.41, 5.74) is 2.13. The monoisotopic (exact) mass is 368 g/mol. The molecule has 1 aliphatic heterocycles. The highest BCUT2D eigenvalue weighted by Crippen LogP contribution is 2.23. The standard InChI is InChI=1S/C21H28N4O2/c1-21(2,3)17-7-9-18(10-8-17)24-15-16(14-22)20(27)23-11-5-13-25-12-4-6-19(25)26/h7-10,15,24H,4-6,11-13H2,1-3H3,(H,23,27)/b16-15-. The van der Waals surface area contributed by atoms with Crippen LogP contribution in [0.15, 0.2) is 36.0 Å². The zero-order chi connectivity index (χ0) is 19.9. The third-order valence-corrected chi connectivity index (χ3v) is 4.56. The van der Waals surface area contributed by atoms with Crippen molar-refractivity contribution in [3.05, 3.63) is 41.6 Å². The van der Waals surface area contributed by atoms with E-state index in [4.69, 9.17) is 0 Å². The predicted molar refractivity (Wildman–Crippen MR) is 106 cm³/mol. The molecule has 1 saturated heterocycles. The molecule has 1 heterocycles. The Balaban J connectivity index is 1.81. The molecule has 1 aromatic rings. The van der Waals surface area contributed by atoms with Gasteiger partial charge in [0.1, 0.15) is 11.6 Å². The number of anilines is 1. The first kappa shape index (κ1) is 20.5. The van der Waals surface area contributed by atoms with Gasteiger partial charge in [-0.2, -0.15) is 5.26 Å². The van der Waals surface area contributed by atoms with Crippen LogP contribution in [0.4, 0.5) is 5.69 Å². The molecule has 0 bridgehead atoms. The van der Waals surface area contributed by atoms with E-state index in [0.717, 1.165) is 18.7 Å². The van der Waals surface area contributed by atoms with Crippen LogP contribution in [0, 0.1) is 11.3 Å². The molecule has 27 heavy (non-hydrogen) atoms. The highest BCUT2D eigenvalue weighted by Gasteiger charge is 2.19. The average molecular weight is 368 g/mol. The van der Waals surface area contributed by atoms with E-state index in [1.807, 2.05) is 35.2 Å². The summed E-state index contributed by atoms with van der Waals surface area (Å²) in [4.78, 5) is 25.5. The quantitative estimate of drug-likeness (QED) is 0.440. The molecule has 2 amide bonds. The highest BCUT2D eigenvalue weighted by molar-refractivity contribution is 5.97. The van der Waals surface area contributed by atoms with Gasteiger partial charge in [-0.25, -0.2) is 0 Å². The predicted octanol–water partition coefficient (Wildman–Crippen LogP) is 2.93. The van der Waals surface area contributed by atoms with Crippen LogP contribution in [0.1, 0.15) is 45.6 Å². The second-order valence-corrected chi connectivity index (χ2v) is 7.74. The molecule has 6 heteroatoms. The average Bonchev–Trinajstić information content (AvgIpc) is 3.04. The fourth-order valence-corrected chi connectivity index (χ4v) is 2.88. The maximum Gasteiger partial charge on any atom is 0.263 e. The number of amides is 2. The number of carbonyl (C=O) groups excluding carboxylic acids is 2. The summed E-state index contributed by atoms with van der Waals surface area (Å²) >= 11 is 0. The van der Waals surface area contributed by atoms with Gasteiger partial charge in [0, 0.05) is 37.9 Å². The smallest absolute Gasteiger partial charge is 0.263 e. The molecule has 1 aromatic carbocycles. The zero-order valence-electron chi connectivity index (χ0n) is 16.3. The van der Waals surface area contributed by atoms with E-state index >= 15 is 0 Å². The molecule has 0 spiro atoms. The number of nitrogens with one attached hydrogen (secondary N) is 2. The topological polar surface area (TPSA) is 85.2 Å². The molecule has 0 atom stereocenters. The number of rotatable bonds is 7. The molecule has 0 radical (unpaired) electrons. The first-order valence-electron chi connectivity index (χ1n) is 9.34. The second kappa shape index (κ2) is 9.22. The minimum absolute atomic E-state index is 0.0205. The van der Waals surface area contributed by atoms with E-state index in [0.29, 0.717) is 25.9 Å². The van der Waals surface area contributed by atoms with Gasteiger partial charge < -0.3 is 15.5 Å². The van der Waals surface area contributed by atoms with Crippen LogP contribution in [-0.2, 0) is 15.0 Å². The van der Waals surface area contributed by atoms with Crippen LogP contribution in [0.25, 0.3) is 0 Å². The Kier molecular flexibility index (Phi) is 7.00. The fraction of sp³-hybridized carbons (Fsp3) is 0.476. The van der Waals surface area contributed by atoms with Gasteiger partial charge in [-0.3, -0.25) is 9.59 Å². The Hall–Kier alpha value is -2.81. The summed E-state index contributed by atoms with van der Waals surface area (Å²) < 4.78 is 0. The Bertz CT molecular complexity index is 739. The van der Waals surface area contributed by atoms with Gasteiger partial charge in [-0.05, 0) is 36.0 Å². The Morgan fingerprint density at radius 3 is 2.56 bits per heavy atom. The number of nitriles is 1. The van der Waals surface area contributed by atoms with Crippen molar-refractivity contribution in [2.24, 2.45) is 0 Å². The van der Waals surface area contributed by atoms with Crippen molar-refractivity contribution < 1.29 is 9.59 Å². The number of nitrogens with zero attached hydrogens (tertiary/aromatic N) is 2. The maximum absolute atomic E-state index is 12.1. The van der Waals surface area contributed by atoms with Crippen molar-refractivity contribution in [3.63, 3.8) is 0 Å². The summed E-state index contributed by atoms with van der Waals surface area (Å²) in [6.45, 7) is 8.31. The lowest BCUT2D eigenvalue weighted by Crippen LogP contribution is -2.31. The Morgan fingerprint density at radius 2 is 2.00 bits per heavy atom. The molecule has 2 rings (SSSR count). The minimum Gasteiger partial charge on any atom is -0.360 e. The van der Waals surface area contributed by atoms with E-state index in [-0.39, 0.29) is 16.9 Å². The summed E-state index contributed by atoms with van der Waals surface area (Å²) in [5, 5.41) is 14.9. The molecule has 144 valence electrons. The zero-order valence-corrected chi connectivity index (χ0v) is 16.3. The van der Waals surface area contributed by atoms with Crippen LogP contribution in [0.2, 0.25) is 0 Å². The molecule has 0 aromatic heterocycles. The van der Waals surface area contributed by atoms with Gasteiger partial charge in [0.25, 0.3) is 5.91 Å². The Labute approximate surface area is 161 Å². The first-order valence-corrected chi connectivity index (χ1v) is 9.34. The minimum atomic E-state index is -0.413. The lowest BCUT2D eigenvalue weighted by Gasteiger charge is -2.19. The molecule has 0 saturated carbocycles. The number of carbonyl (C=O) groups is 2. The van der Waals surface area contributed by atoms with E-state index < -0.39 is 5.91 Å². The third-order valence-electron chi connectivity index (χ3n) is 4.56. The number of hydrogen-bond donors (Lipinski definition) is 2. The van der Waals surface area contributed by atoms with Gasteiger partial charge in [-0.15, -0.1) is 0 Å². The van der Waals surface area contributed by atoms with Crippen molar-refractivity contribution in [2.45, 2.75) is 45.4 Å². The van der Waals surface area contributed by atoms with Crippen LogP contribution < -0.4 is 10.6 Å². The van der Waals surface area contributed by atoms with Gasteiger partial charge in [0.15, 0.2) is 0 Å². The van der Waals surface area contributed by atoms with Crippen molar-refractivity contribution in [1.82, 2.24) is 10.2 Å². The third kappa shape index (κ3) is 6.14. The van der Waals surface area contributed by atoms with E-state index in [2.05, 4.69) is 31.4 Å². The summed E-state index contributed by atoms with van der Waals surface area (Å²) in [6.07, 6.45) is 3.63. The van der Waals surface area contributed by atoms with Crippen molar-refractivity contribution >= 4 is 17.5 Å². The van der Waals surface area contributed by atoms with Crippen LogP contribution in [0.5, 0.6) is 0 Å². The second-order valence-electron chi connectivity index (χ2n) is 7.74. The van der Waals surface area contributed by atoms with Crippen molar-refractivity contribution in [1.29, 1.82) is 5.26 Å². The molecule has 6 nitrogen and oxygen atoms in total. The summed E-state index contributed by atoms with van der Waals surface area (Å²) in [6, 6.07) is 9.83. The fourth-order valence-electron chi connectivity index (χ4n) is 2.88. The first-order chi connectivity index (χ1) is 12.8. The lowest BCUT2D eigenvalue weighted by atomic mass is 9.87. The number of benzene rings is 1. The largest absolute Gasteiger partial charge is 0.360 e. The molecular formula is C21H28N4O2. The van der Waals surface area contributed by atoms with E-state index in [9.17, 15) is 14.9 Å². The van der Waals surface area contributed by atoms with Gasteiger partial charge in [0.05, 0.1) is 0 Å². The molecule has 0 aliphatic carbocycles. The van der Waals surface area contributed by atoms with E-state index in [1.54, 1.807) is 0 Å². The molecule has 1 fully saturated rings. The van der Waals surface area contributed by atoms with E-state index in [1.165, 1.54) is 11.8 Å². The number of hydrogen-bond acceptors (Lipinski definition) is 4. The summed E-state index contributed by atoms with van der Waals surface area (Å²) in [7, 11) is 0. The molecule has 1 aliphatic rings. The summed E-state index contributed by atoms with van der Waals surface area (Å²) in [5.74, 6) is -0.232. The molecular weight excluding hydrogens is 340 g/mol.